The van der Waals surface area contributed by atoms with Gasteiger partial charge in [-0.25, -0.2) is 9.59 Å². The van der Waals surface area contributed by atoms with E-state index in [9.17, 15) is 24.3 Å². The number of carboxylic acid groups (broad SMARTS) is 2. The Balaban J connectivity index is 1.60. The summed E-state index contributed by atoms with van der Waals surface area (Å²) in [5, 5.41) is 24.3. The van der Waals surface area contributed by atoms with Gasteiger partial charge in [0.25, 0.3) is 5.91 Å². The summed E-state index contributed by atoms with van der Waals surface area (Å²) in [5.74, 6) is -3.43. The Bertz CT molecular complexity index is 1280. The predicted molar refractivity (Wildman–Crippen MR) is 130 cm³/mol. The van der Waals surface area contributed by atoms with Gasteiger partial charge in [-0.15, -0.1) is 11.8 Å². The zero-order chi connectivity index (χ0) is 24.8. The summed E-state index contributed by atoms with van der Waals surface area (Å²) < 4.78 is 0. The van der Waals surface area contributed by atoms with Crippen LogP contribution in [0.5, 0.6) is 0 Å². The molecule has 0 aliphatic heterocycles. The summed E-state index contributed by atoms with van der Waals surface area (Å²) in [6.07, 6.45) is 0. The highest BCUT2D eigenvalue weighted by Crippen LogP contribution is 2.23. The van der Waals surface area contributed by atoms with Gasteiger partial charge in [-0.1, -0.05) is 17.7 Å². The maximum Gasteiger partial charge on any atom is 0.336 e. The molecule has 3 rings (SSSR count). The number of halogens is 1. The molecule has 0 unspecified atom stereocenters. The number of carbonyl (C=O) groups is 4. The van der Waals surface area contributed by atoms with Crippen molar-refractivity contribution in [1.82, 2.24) is 0 Å². The second-order valence-electron chi connectivity index (χ2n) is 7.15. The minimum Gasteiger partial charge on any atom is -0.478 e. The van der Waals surface area contributed by atoms with Crippen LogP contribution in [0.4, 0.5) is 11.4 Å². The highest BCUT2D eigenvalue weighted by Gasteiger charge is 2.19. The molecule has 0 bridgehead atoms. The lowest BCUT2D eigenvalue weighted by atomic mass is 10.0. The fourth-order valence-electron chi connectivity index (χ4n) is 2.90. The van der Waals surface area contributed by atoms with Gasteiger partial charge in [0.15, 0.2) is 0 Å². The summed E-state index contributed by atoms with van der Waals surface area (Å²) in [5.41, 5.74) is 1.12. The first-order valence-corrected chi connectivity index (χ1v) is 11.2. The number of amides is 2. The van der Waals surface area contributed by atoms with E-state index in [1.54, 1.807) is 36.4 Å². The Morgan fingerprint density at radius 3 is 2.12 bits per heavy atom. The summed E-state index contributed by atoms with van der Waals surface area (Å²) in [6.45, 7) is 1.87. The molecule has 3 aromatic rings. The van der Waals surface area contributed by atoms with Gasteiger partial charge in [-0.3, -0.25) is 9.59 Å². The maximum absolute atomic E-state index is 12.5. The number of aryl methyl sites for hydroxylation is 1. The number of aromatic carboxylic acids is 2. The number of rotatable bonds is 8. The minimum absolute atomic E-state index is 0.162. The molecular weight excluding hydrogens is 480 g/mol. The summed E-state index contributed by atoms with van der Waals surface area (Å²) in [7, 11) is 0. The van der Waals surface area contributed by atoms with Crippen LogP contribution >= 0.6 is 23.4 Å². The van der Waals surface area contributed by atoms with Gasteiger partial charge in [0, 0.05) is 21.3 Å². The van der Waals surface area contributed by atoms with Crippen molar-refractivity contribution in [3.8, 4) is 0 Å². The Kier molecular flexibility index (Phi) is 7.93. The molecule has 174 valence electrons. The van der Waals surface area contributed by atoms with E-state index < -0.39 is 23.4 Å². The first-order chi connectivity index (χ1) is 16.1. The van der Waals surface area contributed by atoms with Crippen molar-refractivity contribution in [2.75, 3.05) is 16.4 Å². The largest absolute Gasteiger partial charge is 0.478 e. The Morgan fingerprint density at radius 1 is 0.824 bits per heavy atom. The second-order valence-corrected chi connectivity index (χ2v) is 8.61. The average Bonchev–Trinajstić information content (AvgIpc) is 2.80. The third-order valence-corrected chi connectivity index (χ3v) is 6.10. The lowest BCUT2D eigenvalue weighted by molar-refractivity contribution is -0.113. The van der Waals surface area contributed by atoms with Crippen LogP contribution < -0.4 is 10.6 Å². The number of carbonyl (C=O) groups excluding carboxylic acids is 2. The molecule has 2 amide bonds. The lowest BCUT2D eigenvalue weighted by Gasteiger charge is -2.10. The van der Waals surface area contributed by atoms with Gasteiger partial charge in [0.2, 0.25) is 5.91 Å². The zero-order valence-corrected chi connectivity index (χ0v) is 19.4. The first kappa shape index (κ1) is 24.8. The van der Waals surface area contributed by atoms with Crippen LogP contribution in [0, 0.1) is 6.92 Å². The monoisotopic (exact) mass is 498 g/mol. The van der Waals surface area contributed by atoms with Crippen LogP contribution in [0.15, 0.2) is 65.6 Å². The molecule has 8 nitrogen and oxygen atoms in total. The van der Waals surface area contributed by atoms with E-state index in [2.05, 4.69) is 10.6 Å². The van der Waals surface area contributed by atoms with Crippen LogP contribution in [0.2, 0.25) is 5.02 Å². The normalized spacial score (nSPS) is 10.4. The molecule has 0 radical (unpaired) electrons. The third kappa shape index (κ3) is 6.37. The summed E-state index contributed by atoms with van der Waals surface area (Å²) in [4.78, 5) is 48.0. The van der Waals surface area contributed by atoms with Crippen LogP contribution in [0.3, 0.4) is 0 Å². The molecule has 0 aromatic heterocycles. The summed E-state index contributed by atoms with van der Waals surface area (Å²) in [6, 6.07) is 15.2. The van der Waals surface area contributed by atoms with Gasteiger partial charge < -0.3 is 20.8 Å². The van der Waals surface area contributed by atoms with E-state index in [-0.39, 0.29) is 22.8 Å². The van der Waals surface area contributed by atoms with E-state index in [1.165, 1.54) is 17.8 Å². The van der Waals surface area contributed by atoms with Crippen molar-refractivity contribution in [3.63, 3.8) is 0 Å². The van der Waals surface area contributed by atoms with Crippen molar-refractivity contribution < 1.29 is 29.4 Å². The molecule has 0 fully saturated rings. The van der Waals surface area contributed by atoms with Crippen LogP contribution in [-0.4, -0.2) is 39.7 Å². The molecule has 3 aromatic carbocycles. The molecule has 0 atom stereocenters. The first-order valence-electron chi connectivity index (χ1n) is 9.85. The molecular formula is C24H19ClN2O6S. The smallest absolute Gasteiger partial charge is 0.336 e. The third-order valence-electron chi connectivity index (χ3n) is 4.68. The second kappa shape index (κ2) is 10.9. The van der Waals surface area contributed by atoms with Gasteiger partial charge in [-0.2, -0.15) is 0 Å². The molecule has 0 aliphatic rings. The van der Waals surface area contributed by atoms with Crippen LogP contribution in [0.1, 0.15) is 36.6 Å². The van der Waals surface area contributed by atoms with Gasteiger partial charge >= 0.3 is 11.9 Å². The standard InChI is InChI=1S/C24H19ClN2O6S/c1-13-2-4-16(11-20(13)25)26-21(28)12-34-17-7-5-15(6-8-17)27-22(29)18-9-3-14(23(30)31)10-19(18)24(32)33/h2-11H,12H2,1H3,(H,26,28)(H,27,29)(H,30,31)(H,32,33). The number of carboxylic acids is 2. The van der Waals surface area contributed by atoms with Gasteiger partial charge in [0.1, 0.15) is 0 Å². The molecule has 0 saturated heterocycles. The van der Waals surface area contributed by atoms with E-state index >= 15 is 0 Å². The molecule has 0 aliphatic carbocycles. The van der Waals surface area contributed by atoms with E-state index in [1.807, 2.05) is 13.0 Å². The Morgan fingerprint density at radius 2 is 1.50 bits per heavy atom. The predicted octanol–water partition coefficient (Wildman–Crippen LogP) is 5.03. The highest BCUT2D eigenvalue weighted by molar-refractivity contribution is 8.00. The Hall–Kier alpha value is -3.82. The fourth-order valence-corrected chi connectivity index (χ4v) is 3.78. The Labute approximate surface area is 203 Å². The molecule has 0 spiro atoms. The molecule has 0 heterocycles. The van der Waals surface area contributed by atoms with E-state index in [4.69, 9.17) is 16.7 Å². The molecule has 0 saturated carbocycles. The van der Waals surface area contributed by atoms with Crippen LogP contribution in [-0.2, 0) is 4.79 Å². The summed E-state index contributed by atoms with van der Waals surface area (Å²) >= 11 is 7.36. The highest BCUT2D eigenvalue weighted by atomic mass is 35.5. The SMILES string of the molecule is Cc1ccc(NC(=O)CSc2ccc(NC(=O)c3ccc(C(=O)O)cc3C(=O)O)cc2)cc1Cl. The van der Waals surface area contributed by atoms with Crippen molar-refractivity contribution >= 4 is 58.5 Å². The van der Waals surface area contributed by atoms with Gasteiger partial charge in [0.05, 0.1) is 22.4 Å². The number of anilines is 2. The fraction of sp³-hybridized carbons (Fsp3) is 0.0833. The van der Waals surface area contributed by atoms with Crippen molar-refractivity contribution in [2.24, 2.45) is 0 Å². The quantitative estimate of drug-likeness (QED) is 0.320. The van der Waals surface area contributed by atoms with Crippen molar-refractivity contribution in [2.45, 2.75) is 11.8 Å². The van der Waals surface area contributed by atoms with Crippen LogP contribution in [0.25, 0.3) is 0 Å². The number of thioether (sulfide) groups is 1. The topological polar surface area (TPSA) is 133 Å². The molecule has 34 heavy (non-hydrogen) atoms. The van der Waals surface area contributed by atoms with Crippen molar-refractivity contribution in [3.05, 3.63) is 87.9 Å². The van der Waals surface area contributed by atoms with E-state index in [0.29, 0.717) is 16.4 Å². The number of nitrogens with one attached hydrogen (secondary N) is 2. The maximum atomic E-state index is 12.5. The molecule has 10 heteroatoms. The van der Waals surface area contributed by atoms with Crippen molar-refractivity contribution in [1.29, 1.82) is 0 Å². The van der Waals surface area contributed by atoms with E-state index in [0.717, 1.165) is 22.6 Å². The number of hydrogen-bond acceptors (Lipinski definition) is 5. The minimum atomic E-state index is -1.41. The molecule has 4 N–H and O–H groups in total. The average molecular weight is 499 g/mol. The van der Waals surface area contributed by atoms with Gasteiger partial charge in [-0.05, 0) is 67.1 Å². The lowest BCUT2D eigenvalue weighted by Crippen LogP contribution is -2.17. The number of hydrogen-bond donors (Lipinski definition) is 4. The zero-order valence-electron chi connectivity index (χ0n) is 17.8. The number of benzene rings is 3.